The molecule has 0 unspecified atom stereocenters. The summed E-state index contributed by atoms with van der Waals surface area (Å²) in [5.74, 6) is -0.228. The molecule has 0 aliphatic carbocycles. The lowest BCUT2D eigenvalue weighted by Crippen LogP contribution is -2.13. The summed E-state index contributed by atoms with van der Waals surface area (Å²) < 4.78 is 6.93. The van der Waals surface area contributed by atoms with Crippen LogP contribution in [0.5, 0.6) is 0 Å². The molecule has 0 spiro atoms. The van der Waals surface area contributed by atoms with Crippen LogP contribution in [0, 0.1) is 13.8 Å². The Morgan fingerprint density at radius 2 is 2.00 bits per heavy atom. The summed E-state index contributed by atoms with van der Waals surface area (Å²) in [5.41, 5.74) is 3.82. The highest BCUT2D eigenvalue weighted by atomic mass is 16.5. The smallest absolute Gasteiger partial charge is 0.258 e. The van der Waals surface area contributed by atoms with Crippen molar-refractivity contribution in [2.75, 3.05) is 5.32 Å². The van der Waals surface area contributed by atoms with Gasteiger partial charge in [0.2, 0.25) is 0 Å². The van der Waals surface area contributed by atoms with E-state index in [2.05, 4.69) is 20.6 Å². The Balaban J connectivity index is 1.63. The molecule has 0 fully saturated rings. The SMILES string of the molecule is Cc1cc(C(=O)Nc2ccc(-n3cccn3)cc2)c2c(C)noc2n1. The minimum atomic E-state index is -0.228. The molecule has 0 atom stereocenters. The molecule has 7 nitrogen and oxygen atoms in total. The summed E-state index contributed by atoms with van der Waals surface area (Å²) in [7, 11) is 0. The highest BCUT2D eigenvalue weighted by Crippen LogP contribution is 2.23. The highest BCUT2D eigenvalue weighted by molar-refractivity contribution is 6.12. The summed E-state index contributed by atoms with van der Waals surface area (Å²) in [6, 6.07) is 11.0. The first kappa shape index (κ1) is 15.1. The number of hydrogen-bond acceptors (Lipinski definition) is 5. The van der Waals surface area contributed by atoms with Gasteiger partial charge in [-0.15, -0.1) is 0 Å². The lowest BCUT2D eigenvalue weighted by Gasteiger charge is -2.08. The van der Waals surface area contributed by atoms with Crippen LogP contribution in [0.1, 0.15) is 21.7 Å². The topological polar surface area (TPSA) is 85.8 Å². The minimum absolute atomic E-state index is 0.228. The summed E-state index contributed by atoms with van der Waals surface area (Å²) in [6.45, 7) is 3.60. The molecule has 3 aromatic heterocycles. The second-order valence-electron chi connectivity index (χ2n) is 5.71. The van der Waals surface area contributed by atoms with Gasteiger partial charge in [-0.3, -0.25) is 4.79 Å². The van der Waals surface area contributed by atoms with Crippen LogP contribution in [-0.2, 0) is 0 Å². The standard InChI is InChI=1S/C18H15N5O2/c1-11-10-15(16-12(2)22-25-18(16)20-11)17(24)21-13-4-6-14(7-5-13)23-9-3-8-19-23/h3-10H,1-2H3,(H,21,24). The van der Waals surface area contributed by atoms with E-state index in [1.165, 1.54) is 0 Å². The largest absolute Gasteiger partial charge is 0.336 e. The van der Waals surface area contributed by atoms with Crippen LogP contribution in [0.2, 0.25) is 0 Å². The van der Waals surface area contributed by atoms with Gasteiger partial charge in [-0.2, -0.15) is 5.10 Å². The summed E-state index contributed by atoms with van der Waals surface area (Å²) >= 11 is 0. The van der Waals surface area contributed by atoms with Crippen LogP contribution < -0.4 is 5.32 Å². The molecule has 3 heterocycles. The Bertz CT molecular complexity index is 1050. The fourth-order valence-corrected chi connectivity index (χ4v) is 2.71. The minimum Gasteiger partial charge on any atom is -0.336 e. The zero-order valence-corrected chi connectivity index (χ0v) is 13.7. The third-order valence-electron chi connectivity index (χ3n) is 3.88. The average Bonchev–Trinajstić information content (AvgIpc) is 3.25. The summed E-state index contributed by atoms with van der Waals surface area (Å²) in [5, 5.41) is 11.6. The molecule has 1 aromatic carbocycles. The van der Waals surface area contributed by atoms with Crippen molar-refractivity contribution in [3.63, 3.8) is 0 Å². The number of rotatable bonds is 3. The van der Waals surface area contributed by atoms with Gasteiger partial charge in [0.1, 0.15) is 0 Å². The third-order valence-corrected chi connectivity index (χ3v) is 3.88. The average molecular weight is 333 g/mol. The van der Waals surface area contributed by atoms with E-state index in [0.29, 0.717) is 33.7 Å². The van der Waals surface area contributed by atoms with E-state index < -0.39 is 0 Å². The van der Waals surface area contributed by atoms with E-state index in [1.807, 2.05) is 43.5 Å². The van der Waals surface area contributed by atoms with E-state index in [-0.39, 0.29) is 5.91 Å². The lowest BCUT2D eigenvalue weighted by molar-refractivity contribution is 0.102. The van der Waals surface area contributed by atoms with E-state index in [0.717, 1.165) is 5.69 Å². The first-order valence-corrected chi connectivity index (χ1v) is 7.77. The number of fused-ring (bicyclic) bond motifs is 1. The fourth-order valence-electron chi connectivity index (χ4n) is 2.71. The van der Waals surface area contributed by atoms with E-state index in [1.54, 1.807) is 23.9 Å². The van der Waals surface area contributed by atoms with Crippen molar-refractivity contribution < 1.29 is 9.32 Å². The molecule has 25 heavy (non-hydrogen) atoms. The number of carbonyl (C=O) groups excluding carboxylic acids is 1. The van der Waals surface area contributed by atoms with Gasteiger partial charge in [0.25, 0.3) is 11.6 Å². The highest BCUT2D eigenvalue weighted by Gasteiger charge is 2.17. The van der Waals surface area contributed by atoms with Gasteiger partial charge in [0.15, 0.2) is 0 Å². The number of carbonyl (C=O) groups is 1. The van der Waals surface area contributed by atoms with Gasteiger partial charge in [0.05, 0.1) is 22.3 Å². The molecule has 124 valence electrons. The molecule has 0 aliphatic heterocycles. The second kappa shape index (κ2) is 5.86. The first-order chi connectivity index (χ1) is 12.1. The molecule has 0 saturated heterocycles. The van der Waals surface area contributed by atoms with Gasteiger partial charge in [0, 0.05) is 23.8 Å². The van der Waals surface area contributed by atoms with Crippen molar-refractivity contribution in [1.82, 2.24) is 19.9 Å². The number of nitrogens with zero attached hydrogens (tertiary/aromatic N) is 4. The predicted molar refractivity (Wildman–Crippen MR) is 92.8 cm³/mol. The molecular weight excluding hydrogens is 318 g/mol. The molecule has 1 N–H and O–H groups in total. The molecule has 4 rings (SSSR count). The number of aryl methyl sites for hydroxylation is 2. The Hall–Kier alpha value is -3.48. The van der Waals surface area contributed by atoms with Crippen molar-refractivity contribution in [2.24, 2.45) is 0 Å². The molecule has 0 radical (unpaired) electrons. The van der Waals surface area contributed by atoms with Gasteiger partial charge < -0.3 is 9.84 Å². The van der Waals surface area contributed by atoms with Gasteiger partial charge in [-0.1, -0.05) is 5.16 Å². The lowest BCUT2D eigenvalue weighted by atomic mass is 10.1. The van der Waals surface area contributed by atoms with Crippen molar-refractivity contribution in [3.8, 4) is 5.69 Å². The zero-order chi connectivity index (χ0) is 17.4. The molecule has 0 bridgehead atoms. The molecule has 0 aliphatic rings. The van der Waals surface area contributed by atoms with E-state index >= 15 is 0 Å². The third kappa shape index (κ3) is 2.76. The van der Waals surface area contributed by atoms with Crippen LogP contribution in [-0.4, -0.2) is 25.8 Å². The molecule has 1 amide bonds. The number of amides is 1. The summed E-state index contributed by atoms with van der Waals surface area (Å²) in [4.78, 5) is 17.0. The molecule has 4 aromatic rings. The Morgan fingerprint density at radius 3 is 2.72 bits per heavy atom. The van der Waals surface area contributed by atoms with Crippen LogP contribution in [0.15, 0.2) is 53.3 Å². The molecule has 7 heteroatoms. The van der Waals surface area contributed by atoms with Gasteiger partial charge >= 0.3 is 0 Å². The number of hydrogen-bond donors (Lipinski definition) is 1. The summed E-state index contributed by atoms with van der Waals surface area (Å²) in [6.07, 6.45) is 3.58. The van der Waals surface area contributed by atoms with Crippen LogP contribution in [0.4, 0.5) is 5.69 Å². The maximum absolute atomic E-state index is 12.7. The van der Waals surface area contributed by atoms with Crippen LogP contribution in [0.25, 0.3) is 16.8 Å². The number of nitrogens with one attached hydrogen (secondary N) is 1. The maximum atomic E-state index is 12.7. The van der Waals surface area contributed by atoms with Crippen molar-refractivity contribution >= 4 is 22.7 Å². The number of anilines is 1. The monoisotopic (exact) mass is 333 g/mol. The van der Waals surface area contributed by atoms with Crippen molar-refractivity contribution in [1.29, 1.82) is 0 Å². The molecule has 0 saturated carbocycles. The maximum Gasteiger partial charge on any atom is 0.258 e. The van der Waals surface area contributed by atoms with Gasteiger partial charge in [-0.05, 0) is 50.2 Å². The Kier molecular flexibility index (Phi) is 3.53. The fraction of sp³-hybridized carbons (Fsp3) is 0.111. The first-order valence-electron chi connectivity index (χ1n) is 7.77. The number of aromatic nitrogens is 4. The number of pyridine rings is 1. The van der Waals surface area contributed by atoms with E-state index in [9.17, 15) is 4.79 Å². The predicted octanol–water partition coefficient (Wildman–Crippen LogP) is 3.28. The Labute approximate surface area is 143 Å². The van der Waals surface area contributed by atoms with Crippen LogP contribution >= 0.6 is 0 Å². The Morgan fingerprint density at radius 1 is 1.20 bits per heavy atom. The second-order valence-corrected chi connectivity index (χ2v) is 5.71. The molecular formula is C18H15N5O2. The van der Waals surface area contributed by atoms with Crippen LogP contribution in [0.3, 0.4) is 0 Å². The van der Waals surface area contributed by atoms with Crippen molar-refractivity contribution in [2.45, 2.75) is 13.8 Å². The van der Waals surface area contributed by atoms with Crippen molar-refractivity contribution in [3.05, 3.63) is 65.7 Å². The zero-order valence-electron chi connectivity index (χ0n) is 13.7. The van der Waals surface area contributed by atoms with E-state index in [4.69, 9.17) is 4.52 Å². The quantitative estimate of drug-likeness (QED) is 0.622. The number of benzene rings is 1. The van der Waals surface area contributed by atoms with Gasteiger partial charge in [-0.25, -0.2) is 9.67 Å². The normalized spacial score (nSPS) is 11.0.